The van der Waals surface area contributed by atoms with E-state index < -0.39 is 0 Å². The molecule has 3 rings (SSSR count). The molecule has 0 radical (unpaired) electrons. The molecule has 1 aliphatic carbocycles. The van der Waals surface area contributed by atoms with Crippen LogP contribution >= 0.6 is 0 Å². The van der Waals surface area contributed by atoms with Gasteiger partial charge in [-0.25, -0.2) is 4.99 Å². The Morgan fingerprint density at radius 2 is 2.04 bits per heavy atom. The molecule has 26 heavy (non-hydrogen) atoms. The van der Waals surface area contributed by atoms with Crippen LogP contribution in [0.15, 0.2) is 4.99 Å². The Labute approximate surface area is 157 Å². The predicted molar refractivity (Wildman–Crippen MR) is 103 cm³/mol. The monoisotopic (exact) mass is 362 g/mol. The first-order valence-corrected chi connectivity index (χ1v) is 10.4. The molecule has 7 heteroatoms. The van der Waals surface area contributed by atoms with Gasteiger partial charge in [0, 0.05) is 32.7 Å². The Morgan fingerprint density at radius 3 is 2.88 bits per heavy atom. The van der Waals surface area contributed by atoms with Gasteiger partial charge in [-0.1, -0.05) is 19.3 Å². The fourth-order valence-electron chi connectivity index (χ4n) is 3.74. The van der Waals surface area contributed by atoms with Gasteiger partial charge in [-0.15, -0.1) is 10.2 Å². The van der Waals surface area contributed by atoms with Crippen molar-refractivity contribution in [2.24, 2.45) is 4.99 Å². The predicted octanol–water partition coefficient (Wildman–Crippen LogP) is 2.41. The Balaban J connectivity index is 1.40. The van der Waals surface area contributed by atoms with Gasteiger partial charge in [0.1, 0.15) is 12.4 Å². The van der Waals surface area contributed by atoms with Crippen molar-refractivity contribution < 1.29 is 4.74 Å². The quantitative estimate of drug-likeness (QED) is 0.422. The van der Waals surface area contributed by atoms with Crippen molar-refractivity contribution in [3.8, 4) is 0 Å². The lowest BCUT2D eigenvalue weighted by Gasteiger charge is -2.22. The normalized spacial score (nSPS) is 18.6. The van der Waals surface area contributed by atoms with Crippen LogP contribution < -0.4 is 10.6 Å². The molecule has 146 valence electrons. The maximum Gasteiger partial charge on any atom is 0.191 e. The van der Waals surface area contributed by atoms with Crippen molar-refractivity contribution in [3.05, 3.63) is 11.6 Å². The Morgan fingerprint density at radius 1 is 1.15 bits per heavy atom. The molecule has 1 aromatic rings. The zero-order chi connectivity index (χ0) is 18.0. The smallest absolute Gasteiger partial charge is 0.191 e. The molecule has 1 fully saturated rings. The van der Waals surface area contributed by atoms with Crippen molar-refractivity contribution in [1.82, 2.24) is 25.4 Å². The molecular weight excluding hydrogens is 328 g/mol. The van der Waals surface area contributed by atoms with Gasteiger partial charge in [0.05, 0.1) is 6.10 Å². The van der Waals surface area contributed by atoms with Crippen LogP contribution in [0.2, 0.25) is 0 Å². The van der Waals surface area contributed by atoms with E-state index in [0.29, 0.717) is 12.6 Å². The number of aromatic nitrogens is 3. The van der Waals surface area contributed by atoms with E-state index in [9.17, 15) is 0 Å². The van der Waals surface area contributed by atoms with Gasteiger partial charge in [-0.2, -0.15) is 0 Å². The molecule has 2 N–H and O–H groups in total. The minimum absolute atomic E-state index is 0.491. The van der Waals surface area contributed by atoms with Crippen molar-refractivity contribution in [1.29, 1.82) is 0 Å². The summed E-state index contributed by atoms with van der Waals surface area (Å²) < 4.78 is 8.21. The summed E-state index contributed by atoms with van der Waals surface area (Å²) in [6.45, 7) is 6.23. The summed E-state index contributed by atoms with van der Waals surface area (Å²) in [5.41, 5.74) is 0. The second-order valence-electron chi connectivity index (χ2n) is 7.25. The summed E-state index contributed by atoms with van der Waals surface area (Å²) in [7, 11) is 0. The average Bonchev–Trinajstić information content (AvgIpc) is 3.10. The summed E-state index contributed by atoms with van der Waals surface area (Å²) in [6.07, 6.45) is 11.5. The van der Waals surface area contributed by atoms with Crippen LogP contribution in [0.1, 0.15) is 69.9 Å². The fraction of sp³-hybridized carbons (Fsp3) is 0.842. The van der Waals surface area contributed by atoms with E-state index in [1.807, 2.05) is 0 Å². The molecule has 0 spiro atoms. The highest BCUT2D eigenvalue weighted by atomic mass is 16.5. The van der Waals surface area contributed by atoms with E-state index >= 15 is 0 Å². The molecular formula is C19H34N6O. The lowest BCUT2D eigenvalue weighted by atomic mass is 9.98. The third-order valence-electron chi connectivity index (χ3n) is 5.18. The topological polar surface area (TPSA) is 76.4 Å². The van der Waals surface area contributed by atoms with E-state index in [4.69, 9.17) is 4.74 Å². The van der Waals surface area contributed by atoms with Crippen LogP contribution in [0, 0.1) is 0 Å². The van der Waals surface area contributed by atoms with Crippen molar-refractivity contribution >= 4 is 5.96 Å². The van der Waals surface area contributed by atoms with Gasteiger partial charge in [-0.3, -0.25) is 0 Å². The highest BCUT2D eigenvalue weighted by Crippen LogP contribution is 2.20. The van der Waals surface area contributed by atoms with Crippen LogP contribution in [0.3, 0.4) is 0 Å². The van der Waals surface area contributed by atoms with Gasteiger partial charge in [0.15, 0.2) is 11.8 Å². The molecule has 0 bridgehead atoms. The first-order chi connectivity index (χ1) is 12.9. The maximum atomic E-state index is 5.98. The largest absolute Gasteiger partial charge is 0.378 e. The highest BCUT2D eigenvalue weighted by Gasteiger charge is 2.15. The van der Waals surface area contributed by atoms with Crippen LogP contribution in [0.4, 0.5) is 0 Å². The summed E-state index contributed by atoms with van der Waals surface area (Å²) in [5.74, 6) is 2.93. The summed E-state index contributed by atoms with van der Waals surface area (Å²) in [5, 5.41) is 15.3. The van der Waals surface area contributed by atoms with Crippen LogP contribution in [-0.4, -0.2) is 46.5 Å². The first kappa shape index (κ1) is 19.1. The first-order valence-electron chi connectivity index (χ1n) is 10.4. The van der Waals surface area contributed by atoms with Crippen LogP contribution in [0.5, 0.6) is 0 Å². The number of hydrogen-bond acceptors (Lipinski definition) is 4. The SMILES string of the molecule is CCNC(=NCc1nnc2n1CCCC2)NCCCOC1CCCCC1. The molecule has 0 amide bonds. The molecule has 7 nitrogen and oxygen atoms in total. The zero-order valence-electron chi connectivity index (χ0n) is 16.2. The summed E-state index contributed by atoms with van der Waals surface area (Å²) >= 11 is 0. The minimum atomic E-state index is 0.491. The molecule has 1 aromatic heterocycles. The van der Waals surface area contributed by atoms with Crippen molar-refractivity contribution in [2.45, 2.75) is 83.9 Å². The van der Waals surface area contributed by atoms with Gasteiger partial charge >= 0.3 is 0 Å². The summed E-state index contributed by atoms with van der Waals surface area (Å²) in [6, 6.07) is 0. The maximum absolute atomic E-state index is 5.98. The molecule has 1 saturated carbocycles. The van der Waals surface area contributed by atoms with Gasteiger partial charge in [-0.05, 0) is 39.0 Å². The lowest BCUT2D eigenvalue weighted by Crippen LogP contribution is -2.38. The van der Waals surface area contributed by atoms with E-state index in [0.717, 1.165) is 56.7 Å². The minimum Gasteiger partial charge on any atom is -0.378 e. The van der Waals surface area contributed by atoms with Crippen molar-refractivity contribution in [2.75, 3.05) is 19.7 Å². The number of nitrogens with one attached hydrogen (secondary N) is 2. The number of fused-ring (bicyclic) bond motifs is 1. The Kier molecular flexibility index (Phi) is 7.73. The fourth-order valence-corrected chi connectivity index (χ4v) is 3.74. The van der Waals surface area contributed by atoms with Gasteiger partial charge in [0.2, 0.25) is 0 Å². The second kappa shape index (κ2) is 10.5. The van der Waals surface area contributed by atoms with Crippen LogP contribution in [0.25, 0.3) is 0 Å². The lowest BCUT2D eigenvalue weighted by molar-refractivity contribution is 0.0277. The number of ether oxygens (including phenoxy) is 1. The number of rotatable bonds is 8. The molecule has 0 saturated heterocycles. The third-order valence-corrected chi connectivity index (χ3v) is 5.18. The van der Waals surface area contributed by atoms with E-state index in [2.05, 4.69) is 37.3 Å². The highest BCUT2D eigenvalue weighted by molar-refractivity contribution is 5.79. The van der Waals surface area contributed by atoms with Crippen molar-refractivity contribution in [3.63, 3.8) is 0 Å². The standard InChI is InChI=1S/C19H34N6O/c1-2-20-19(21-12-8-14-26-16-9-4-3-5-10-16)22-15-18-24-23-17-11-6-7-13-25(17)18/h16H,2-15H2,1H3,(H2,20,21,22). The molecule has 0 atom stereocenters. The average molecular weight is 363 g/mol. The third kappa shape index (κ3) is 5.69. The second-order valence-corrected chi connectivity index (χ2v) is 7.25. The summed E-state index contributed by atoms with van der Waals surface area (Å²) in [4.78, 5) is 4.68. The molecule has 0 unspecified atom stereocenters. The number of hydrogen-bond donors (Lipinski definition) is 2. The molecule has 2 aliphatic rings. The Hall–Kier alpha value is -1.63. The number of nitrogens with zero attached hydrogens (tertiary/aromatic N) is 4. The zero-order valence-corrected chi connectivity index (χ0v) is 16.2. The van der Waals surface area contributed by atoms with E-state index in [1.54, 1.807) is 0 Å². The van der Waals surface area contributed by atoms with E-state index in [1.165, 1.54) is 44.9 Å². The number of aliphatic imine (C=N–C) groups is 1. The Bertz CT molecular complexity index is 564. The van der Waals surface area contributed by atoms with Gasteiger partial charge < -0.3 is 19.9 Å². The molecule has 2 heterocycles. The van der Waals surface area contributed by atoms with Crippen LogP contribution in [-0.2, 0) is 24.2 Å². The van der Waals surface area contributed by atoms with Gasteiger partial charge in [0.25, 0.3) is 0 Å². The van der Waals surface area contributed by atoms with E-state index in [-0.39, 0.29) is 0 Å². The number of guanidine groups is 1. The number of aryl methyl sites for hydroxylation is 1. The molecule has 0 aromatic carbocycles. The molecule has 1 aliphatic heterocycles.